The lowest BCUT2D eigenvalue weighted by Gasteiger charge is -2.09. The van der Waals surface area contributed by atoms with Gasteiger partial charge in [0.25, 0.3) is 0 Å². The van der Waals surface area contributed by atoms with Gasteiger partial charge < -0.3 is 4.74 Å². The Bertz CT molecular complexity index is 443. The van der Waals surface area contributed by atoms with E-state index in [9.17, 15) is 8.42 Å². The first kappa shape index (κ1) is 14.3. The summed E-state index contributed by atoms with van der Waals surface area (Å²) in [6.45, 7) is 2.59. The van der Waals surface area contributed by atoms with E-state index in [1.54, 1.807) is 0 Å². The summed E-state index contributed by atoms with van der Waals surface area (Å²) in [6, 6.07) is 7.86. The highest BCUT2D eigenvalue weighted by atomic mass is 35.7. The number of hydrogen-bond donors (Lipinski definition) is 0. The van der Waals surface area contributed by atoms with Crippen LogP contribution < -0.4 is 4.74 Å². The van der Waals surface area contributed by atoms with Crippen LogP contribution in [0.5, 0.6) is 5.75 Å². The lowest BCUT2D eigenvalue weighted by molar-refractivity contribution is 0.307. The van der Waals surface area contributed by atoms with E-state index in [1.165, 1.54) is 0 Å². The smallest absolute Gasteiger partial charge is 0.232 e. The fourth-order valence-corrected chi connectivity index (χ4v) is 2.37. The maximum Gasteiger partial charge on any atom is 0.232 e. The van der Waals surface area contributed by atoms with E-state index < -0.39 is 9.05 Å². The fraction of sp³-hybridized carbons (Fsp3) is 0.500. The van der Waals surface area contributed by atoms with Gasteiger partial charge in [0.2, 0.25) is 9.05 Å². The molecular weight excluding hydrogens is 260 g/mol. The Morgan fingerprint density at radius 2 is 1.94 bits per heavy atom. The average molecular weight is 277 g/mol. The number of rotatable bonds is 7. The van der Waals surface area contributed by atoms with Crippen molar-refractivity contribution >= 4 is 19.7 Å². The van der Waals surface area contributed by atoms with Gasteiger partial charge in [0.15, 0.2) is 0 Å². The first-order valence-electron chi connectivity index (χ1n) is 5.66. The van der Waals surface area contributed by atoms with Crippen LogP contribution in [0.4, 0.5) is 0 Å². The highest BCUT2D eigenvalue weighted by molar-refractivity contribution is 8.13. The summed E-state index contributed by atoms with van der Waals surface area (Å²) >= 11 is 0. The molecule has 0 N–H and O–H groups in total. The third kappa shape index (κ3) is 5.94. The van der Waals surface area contributed by atoms with Crippen LogP contribution in [-0.4, -0.2) is 20.8 Å². The van der Waals surface area contributed by atoms with Crippen LogP contribution >= 0.6 is 10.7 Å². The lowest BCUT2D eigenvalue weighted by atomic mass is 10.1. The van der Waals surface area contributed by atoms with E-state index >= 15 is 0 Å². The average Bonchev–Trinajstić information content (AvgIpc) is 2.27. The summed E-state index contributed by atoms with van der Waals surface area (Å²) in [5.74, 6) is 0.886. The zero-order chi connectivity index (χ0) is 12.7. The molecule has 0 atom stereocenters. The minimum absolute atomic E-state index is 0.00728. The largest absolute Gasteiger partial charge is 0.493 e. The van der Waals surface area contributed by atoms with Gasteiger partial charge in [0.1, 0.15) is 5.75 Å². The molecule has 1 rings (SSSR count). The predicted molar refractivity (Wildman–Crippen MR) is 70.2 cm³/mol. The van der Waals surface area contributed by atoms with Crippen molar-refractivity contribution in [2.75, 3.05) is 12.4 Å². The van der Waals surface area contributed by atoms with Crippen LogP contribution in [0.1, 0.15) is 25.3 Å². The Labute approximate surface area is 107 Å². The minimum Gasteiger partial charge on any atom is -0.493 e. The summed E-state index contributed by atoms with van der Waals surface area (Å²) < 4.78 is 27.0. The van der Waals surface area contributed by atoms with Crippen molar-refractivity contribution < 1.29 is 13.2 Å². The van der Waals surface area contributed by atoms with Gasteiger partial charge in [-0.2, -0.15) is 0 Å². The van der Waals surface area contributed by atoms with Gasteiger partial charge >= 0.3 is 0 Å². The molecular formula is C12H17ClO3S. The molecule has 0 aliphatic carbocycles. The van der Waals surface area contributed by atoms with Crippen molar-refractivity contribution in [1.29, 1.82) is 0 Å². The molecule has 0 amide bonds. The minimum atomic E-state index is -3.37. The molecule has 5 heteroatoms. The van der Waals surface area contributed by atoms with Crippen LogP contribution in [0.15, 0.2) is 24.3 Å². The molecule has 1 aromatic rings. The standard InChI is InChI=1S/C12H17ClO3S/c1-2-11-7-3-4-8-12(11)16-9-5-6-10-17(13,14)15/h3-4,7-8H,2,5-6,9-10H2,1H3. The quantitative estimate of drug-likeness (QED) is 0.568. The predicted octanol–water partition coefficient (Wildman–Crippen LogP) is 2.98. The summed E-state index contributed by atoms with van der Waals surface area (Å²) in [4.78, 5) is 0. The molecule has 1 aromatic carbocycles. The molecule has 17 heavy (non-hydrogen) atoms. The van der Waals surface area contributed by atoms with Crippen molar-refractivity contribution in [2.24, 2.45) is 0 Å². The van der Waals surface area contributed by atoms with Gasteiger partial charge in [-0.05, 0) is 30.9 Å². The van der Waals surface area contributed by atoms with Crippen molar-refractivity contribution in [3.05, 3.63) is 29.8 Å². The van der Waals surface area contributed by atoms with Gasteiger partial charge in [0.05, 0.1) is 12.4 Å². The van der Waals surface area contributed by atoms with E-state index in [0.29, 0.717) is 19.4 Å². The summed E-state index contributed by atoms with van der Waals surface area (Å²) in [5, 5.41) is 0. The van der Waals surface area contributed by atoms with E-state index in [4.69, 9.17) is 15.4 Å². The highest BCUT2D eigenvalue weighted by Crippen LogP contribution is 2.18. The van der Waals surface area contributed by atoms with E-state index in [0.717, 1.165) is 17.7 Å². The van der Waals surface area contributed by atoms with Crippen LogP contribution in [0.2, 0.25) is 0 Å². The summed E-state index contributed by atoms with van der Waals surface area (Å²) in [6.07, 6.45) is 2.14. The summed E-state index contributed by atoms with van der Waals surface area (Å²) in [5.41, 5.74) is 1.16. The number of ether oxygens (including phenoxy) is 1. The normalized spacial score (nSPS) is 11.4. The Balaban J connectivity index is 2.31. The van der Waals surface area contributed by atoms with E-state index in [1.807, 2.05) is 24.3 Å². The molecule has 0 bridgehead atoms. The molecule has 0 heterocycles. The molecule has 96 valence electrons. The topological polar surface area (TPSA) is 43.4 Å². The number of aryl methyl sites for hydroxylation is 1. The van der Waals surface area contributed by atoms with Gasteiger partial charge in [-0.3, -0.25) is 0 Å². The van der Waals surface area contributed by atoms with Crippen LogP contribution in [0, 0.1) is 0 Å². The second-order valence-electron chi connectivity index (χ2n) is 3.76. The molecule has 0 spiro atoms. The number of para-hydroxylation sites is 1. The second kappa shape index (κ2) is 6.87. The summed E-state index contributed by atoms with van der Waals surface area (Å²) in [7, 11) is 1.74. The molecule has 0 aliphatic heterocycles. The Kier molecular flexibility index (Phi) is 5.78. The second-order valence-corrected chi connectivity index (χ2v) is 6.66. The first-order chi connectivity index (χ1) is 8.03. The Morgan fingerprint density at radius 3 is 2.59 bits per heavy atom. The maximum atomic E-state index is 10.7. The molecule has 0 saturated carbocycles. The van der Waals surface area contributed by atoms with Crippen LogP contribution in [0.3, 0.4) is 0 Å². The van der Waals surface area contributed by atoms with Crippen LogP contribution in [-0.2, 0) is 15.5 Å². The van der Waals surface area contributed by atoms with Gasteiger partial charge in [0, 0.05) is 10.7 Å². The molecule has 0 aliphatic rings. The molecule has 0 fully saturated rings. The van der Waals surface area contributed by atoms with Gasteiger partial charge in [-0.15, -0.1) is 0 Å². The van der Waals surface area contributed by atoms with Crippen molar-refractivity contribution in [3.8, 4) is 5.75 Å². The molecule has 0 radical (unpaired) electrons. The number of unbranched alkanes of at least 4 members (excludes halogenated alkanes) is 1. The number of benzene rings is 1. The third-order valence-corrected chi connectivity index (χ3v) is 3.63. The first-order valence-corrected chi connectivity index (χ1v) is 8.14. The van der Waals surface area contributed by atoms with Crippen LogP contribution in [0.25, 0.3) is 0 Å². The molecule has 3 nitrogen and oxygen atoms in total. The number of hydrogen-bond acceptors (Lipinski definition) is 3. The Hall–Kier alpha value is -0.740. The van der Waals surface area contributed by atoms with Crippen molar-refractivity contribution in [1.82, 2.24) is 0 Å². The fourth-order valence-electron chi connectivity index (χ4n) is 1.50. The van der Waals surface area contributed by atoms with Gasteiger partial charge in [-0.1, -0.05) is 25.1 Å². The van der Waals surface area contributed by atoms with E-state index in [2.05, 4.69) is 6.92 Å². The zero-order valence-corrected chi connectivity index (χ0v) is 11.4. The molecule has 0 unspecified atom stereocenters. The van der Waals surface area contributed by atoms with E-state index in [-0.39, 0.29) is 5.75 Å². The Morgan fingerprint density at radius 1 is 1.24 bits per heavy atom. The van der Waals surface area contributed by atoms with Gasteiger partial charge in [-0.25, -0.2) is 8.42 Å². The number of halogens is 1. The zero-order valence-electron chi connectivity index (χ0n) is 9.86. The van der Waals surface area contributed by atoms with Crippen molar-refractivity contribution in [2.45, 2.75) is 26.2 Å². The maximum absolute atomic E-state index is 10.7. The monoisotopic (exact) mass is 276 g/mol. The molecule has 0 saturated heterocycles. The van der Waals surface area contributed by atoms with Crippen molar-refractivity contribution in [3.63, 3.8) is 0 Å². The third-order valence-electron chi connectivity index (χ3n) is 2.39. The highest BCUT2D eigenvalue weighted by Gasteiger charge is 2.05. The lowest BCUT2D eigenvalue weighted by Crippen LogP contribution is -2.03. The SMILES string of the molecule is CCc1ccccc1OCCCCS(=O)(=O)Cl. The molecule has 0 aromatic heterocycles.